The number of halogens is 2. The number of anilines is 2. The first-order valence-electron chi connectivity index (χ1n) is 7.11. The molecule has 0 aliphatic heterocycles. The van der Waals surface area contributed by atoms with Crippen LogP contribution in [0.4, 0.5) is 11.6 Å². The zero-order valence-corrected chi connectivity index (χ0v) is 13.9. The highest BCUT2D eigenvalue weighted by molar-refractivity contribution is 6.30. The van der Waals surface area contributed by atoms with Gasteiger partial charge in [0, 0.05) is 13.1 Å². The molecular weight excluding hydrogens is 327 g/mol. The fourth-order valence-electron chi connectivity index (χ4n) is 1.81. The predicted octanol–water partition coefficient (Wildman–Crippen LogP) is 2.73. The van der Waals surface area contributed by atoms with E-state index in [-0.39, 0.29) is 10.6 Å². The zero-order chi connectivity index (χ0) is 16.1. The molecule has 1 unspecified atom stereocenters. The Morgan fingerprint density at radius 1 is 0.955 bits per heavy atom. The van der Waals surface area contributed by atoms with Gasteiger partial charge in [0.15, 0.2) is 11.6 Å². The van der Waals surface area contributed by atoms with E-state index >= 15 is 0 Å². The first-order valence-corrected chi connectivity index (χ1v) is 7.87. The number of hydrogen-bond donors (Lipinski definition) is 3. The maximum Gasteiger partial charge on any atom is 0.225 e. The van der Waals surface area contributed by atoms with Crippen molar-refractivity contribution in [2.75, 3.05) is 23.7 Å². The summed E-state index contributed by atoms with van der Waals surface area (Å²) in [5.41, 5.74) is 0.956. The number of rotatable bonds is 7. The smallest absolute Gasteiger partial charge is 0.225 e. The summed E-state index contributed by atoms with van der Waals surface area (Å²) in [6.07, 6.45) is 1.07. The van der Waals surface area contributed by atoms with Crippen LogP contribution in [0.1, 0.15) is 26.7 Å². The fourth-order valence-corrected chi connectivity index (χ4v) is 2.15. The van der Waals surface area contributed by atoms with Crippen molar-refractivity contribution in [3.63, 3.8) is 0 Å². The van der Waals surface area contributed by atoms with E-state index < -0.39 is 6.10 Å². The SMILES string of the molecule is CCCNc1nc(Cl)nc2c(NCC(O)CC)nc(Cl)nc12. The van der Waals surface area contributed by atoms with Gasteiger partial charge in [0.2, 0.25) is 10.6 Å². The second-order valence-corrected chi connectivity index (χ2v) is 5.43. The summed E-state index contributed by atoms with van der Waals surface area (Å²) in [4.78, 5) is 16.6. The number of aliphatic hydroxyl groups excluding tert-OH is 1. The third-order valence-electron chi connectivity index (χ3n) is 3.01. The van der Waals surface area contributed by atoms with Crippen LogP contribution in [0, 0.1) is 0 Å². The van der Waals surface area contributed by atoms with Crippen molar-refractivity contribution in [2.24, 2.45) is 0 Å². The van der Waals surface area contributed by atoms with Gasteiger partial charge in [-0.1, -0.05) is 13.8 Å². The molecule has 0 saturated heterocycles. The van der Waals surface area contributed by atoms with Gasteiger partial charge < -0.3 is 15.7 Å². The topological polar surface area (TPSA) is 95.9 Å². The van der Waals surface area contributed by atoms with E-state index in [2.05, 4.69) is 30.6 Å². The van der Waals surface area contributed by atoms with Gasteiger partial charge in [-0.25, -0.2) is 9.97 Å². The van der Waals surface area contributed by atoms with Gasteiger partial charge in [-0.3, -0.25) is 0 Å². The molecule has 2 aromatic heterocycles. The number of nitrogens with zero attached hydrogens (tertiary/aromatic N) is 4. The lowest BCUT2D eigenvalue weighted by Gasteiger charge is -2.13. The molecule has 0 aliphatic rings. The van der Waals surface area contributed by atoms with Crippen molar-refractivity contribution < 1.29 is 5.11 Å². The van der Waals surface area contributed by atoms with Gasteiger partial charge in [-0.05, 0) is 36.0 Å². The van der Waals surface area contributed by atoms with E-state index in [4.69, 9.17) is 23.2 Å². The molecular formula is C13H18Cl2N6O. The molecule has 7 nitrogen and oxygen atoms in total. The summed E-state index contributed by atoms with van der Waals surface area (Å²) in [5.74, 6) is 0.937. The Labute approximate surface area is 138 Å². The summed E-state index contributed by atoms with van der Waals surface area (Å²) in [6, 6.07) is 0. The quantitative estimate of drug-likeness (QED) is 0.664. The largest absolute Gasteiger partial charge is 0.391 e. The lowest BCUT2D eigenvalue weighted by Crippen LogP contribution is -2.19. The van der Waals surface area contributed by atoms with Crippen molar-refractivity contribution in [1.82, 2.24) is 19.9 Å². The Balaban J connectivity index is 2.45. The molecule has 0 amide bonds. The van der Waals surface area contributed by atoms with Gasteiger partial charge in [0.25, 0.3) is 0 Å². The summed E-state index contributed by atoms with van der Waals surface area (Å²) < 4.78 is 0. The molecule has 0 aromatic carbocycles. The maximum atomic E-state index is 9.68. The van der Waals surface area contributed by atoms with Crippen LogP contribution >= 0.6 is 23.2 Å². The van der Waals surface area contributed by atoms with E-state index in [1.54, 1.807) is 0 Å². The second-order valence-electron chi connectivity index (χ2n) is 4.75. The normalized spacial score (nSPS) is 12.4. The van der Waals surface area contributed by atoms with Gasteiger partial charge in [0.05, 0.1) is 6.10 Å². The van der Waals surface area contributed by atoms with Crippen LogP contribution in [0.25, 0.3) is 11.0 Å². The Hall–Kier alpha value is -1.44. The van der Waals surface area contributed by atoms with Gasteiger partial charge in [-0.2, -0.15) is 9.97 Å². The molecule has 2 heterocycles. The summed E-state index contributed by atoms with van der Waals surface area (Å²) in [7, 11) is 0. The third kappa shape index (κ3) is 4.06. The Morgan fingerprint density at radius 3 is 2.00 bits per heavy atom. The lowest BCUT2D eigenvalue weighted by molar-refractivity contribution is 0.183. The molecule has 1 atom stereocenters. The molecule has 0 spiro atoms. The molecule has 2 aromatic rings. The zero-order valence-electron chi connectivity index (χ0n) is 12.4. The van der Waals surface area contributed by atoms with Crippen molar-refractivity contribution in [3.8, 4) is 0 Å². The number of nitrogens with one attached hydrogen (secondary N) is 2. The predicted molar refractivity (Wildman–Crippen MR) is 88.7 cm³/mol. The number of aliphatic hydroxyl groups is 1. The highest BCUT2D eigenvalue weighted by Crippen LogP contribution is 2.26. The highest BCUT2D eigenvalue weighted by atomic mass is 35.5. The first kappa shape index (κ1) is 16.9. The molecule has 0 saturated carbocycles. The van der Waals surface area contributed by atoms with E-state index in [9.17, 15) is 5.11 Å². The molecule has 120 valence electrons. The Morgan fingerprint density at radius 2 is 1.50 bits per heavy atom. The second kappa shape index (κ2) is 7.71. The average Bonchev–Trinajstić information content (AvgIpc) is 2.50. The van der Waals surface area contributed by atoms with Crippen LogP contribution in [-0.4, -0.2) is 44.2 Å². The van der Waals surface area contributed by atoms with Gasteiger partial charge in [0.1, 0.15) is 11.0 Å². The minimum Gasteiger partial charge on any atom is -0.391 e. The molecule has 3 N–H and O–H groups in total. The molecule has 0 aliphatic carbocycles. The Kier molecular flexibility index (Phi) is 5.93. The van der Waals surface area contributed by atoms with Gasteiger partial charge >= 0.3 is 0 Å². The van der Waals surface area contributed by atoms with E-state index in [0.29, 0.717) is 35.6 Å². The molecule has 0 fully saturated rings. The van der Waals surface area contributed by atoms with Crippen LogP contribution in [-0.2, 0) is 0 Å². The number of fused-ring (bicyclic) bond motifs is 1. The monoisotopic (exact) mass is 344 g/mol. The van der Waals surface area contributed by atoms with Crippen LogP contribution in [0.15, 0.2) is 0 Å². The number of aromatic nitrogens is 4. The van der Waals surface area contributed by atoms with Crippen LogP contribution in [0.2, 0.25) is 10.6 Å². The van der Waals surface area contributed by atoms with E-state index in [0.717, 1.165) is 13.0 Å². The lowest BCUT2D eigenvalue weighted by atomic mass is 10.3. The molecule has 0 radical (unpaired) electrons. The minimum atomic E-state index is -0.487. The summed E-state index contributed by atoms with van der Waals surface area (Å²) in [5, 5.41) is 16.0. The summed E-state index contributed by atoms with van der Waals surface area (Å²) >= 11 is 12.0. The minimum absolute atomic E-state index is 0.0754. The van der Waals surface area contributed by atoms with E-state index in [1.807, 2.05) is 13.8 Å². The van der Waals surface area contributed by atoms with Crippen molar-refractivity contribution in [3.05, 3.63) is 10.6 Å². The number of hydrogen-bond acceptors (Lipinski definition) is 7. The molecule has 2 rings (SSSR count). The van der Waals surface area contributed by atoms with Crippen LogP contribution < -0.4 is 10.6 Å². The Bertz CT molecular complexity index is 654. The maximum absolute atomic E-state index is 9.68. The molecule has 0 bridgehead atoms. The van der Waals surface area contributed by atoms with Crippen LogP contribution in [0.3, 0.4) is 0 Å². The van der Waals surface area contributed by atoms with Crippen molar-refractivity contribution >= 4 is 45.9 Å². The van der Waals surface area contributed by atoms with E-state index in [1.165, 1.54) is 0 Å². The standard InChI is InChI=1S/C13H18Cl2N6O/c1-3-5-16-10-8-9(19-12(14)20-10)11(21-13(15)18-8)17-6-7(22)4-2/h7,22H,3-6H2,1-2H3,(H,16,19,20)(H,17,18,21). The summed E-state index contributed by atoms with van der Waals surface area (Å²) in [6.45, 7) is 4.99. The van der Waals surface area contributed by atoms with Crippen LogP contribution in [0.5, 0.6) is 0 Å². The molecule has 9 heteroatoms. The fraction of sp³-hybridized carbons (Fsp3) is 0.538. The first-order chi connectivity index (χ1) is 10.5. The molecule has 22 heavy (non-hydrogen) atoms. The van der Waals surface area contributed by atoms with Crippen molar-refractivity contribution in [2.45, 2.75) is 32.8 Å². The van der Waals surface area contributed by atoms with Crippen molar-refractivity contribution in [1.29, 1.82) is 0 Å². The van der Waals surface area contributed by atoms with Gasteiger partial charge in [-0.15, -0.1) is 0 Å². The highest BCUT2D eigenvalue weighted by Gasteiger charge is 2.15. The average molecular weight is 345 g/mol. The third-order valence-corrected chi connectivity index (χ3v) is 3.35.